The molecule has 19 heavy (non-hydrogen) atoms. The number of pyridine rings is 1. The summed E-state index contributed by atoms with van der Waals surface area (Å²) in [7, 11) is 1.68. The maximum atomic E-state index is 5.94. The molecule has 0 bridgehead atoms. The predicted molar refractivity (Wildman–Crippen MR) is 74.5 cm³/mol. The Morgan fingerprint density at radius 2 is 2.26 bits per heavy atom. The minimum atomic E-state index is 0.132. The second-order valence-electron chi connectivity index (χ2n) is 4.68. The van der Waals surface area contributed by atoms with Gasteiger partial charge >= 0.3 is 0 Å². The summed E-state index contributed by atoms with van der Waals surface area (Å²) in [5.41, 5.74) is 2.19. The Balaban J connectivity index is 2.05. The van der Waals surface area contributed by atoms with Crippen molar-refractivity contribution in [1.29, 1.82) is 0 Å². The monoisotopic (exact) mass is 258 g/mol. The van der Waals surface area contributed by atoms with Crippen LogP contribution in [0.2, 0.25) is 0 Å². The molecule has 1 unspecified atom stereocenters. The lowest BCUT2D eigenvalue weighted by atomic mass is 10.0. The summed E-state index contributed by atoms with van der Waals surface area (Å²) in [5.74, 6) is 0.855. The van der Waals surface area contributed by atoms with Crippen LogP contribution in [0.15, 0.2) is 30.5 Å². The largest absolute Gasteiger partial charge is 0.497 e. The number of fused-ring (bicyclic) bond motifs is 1. The van der Waals surface area contributed by atoms with E-state index in [9.17, 15) is 0 Å². The van der Waals surface area contributed by atoms with Gasteiger partial charge in [-0.15, -0.1) is 0 Å². The van der Waals surface area contributed by atoms with Crippen molar-refractivity contribution in [2.45, 2.75) is 12.5 Å². The minimum Gasteiger partial charge on any atom is -0.497 e. The second-order valence-corrected chi connectivity index (χ2v) is 4.68. The maximum absolute atomic E-state index is 5.94. The van der Waals surface area contributed by atoms with Gasteiger partial charge in [-0.25, -0.2) is 0 Å². The number of methoxy groups -OCH3 is 1. The minimum absolute atomic E-state index is 0.132. The molecule has 4 nitrogen and oxygen atoms in total. The highest BCUT2D eigenvalue weighted by molar-refractivity contribution is 5.83. The van der Waals surface area contributed by atoms with E-state index in [1.54, 1.807) is 7.11 Å². The highest BCUT2D eigenvalue weighted by atomic mass is 16.5. The van der Waals surface area contributed by atoms with Crippen molar-refractivity contribution < 1.29 is 9.47 Å². The van der Waals surface area contributed by atoms with Gasteiger partial charge in [0, 0.05) is 18.1 Å². The average Bonchev–Trinajstić information content (AvgIpc) is 2.75. The summed E-state index contributed by atoms with van der Waals surface area (Å²) >= 11 is 0. The number of nitrogens with zero attached hydrogens (tertiary/aromatic N) is 1. The number of hydrogen-bond donors (Lipinski definition) is 1. The van der Waals surface area contributed by atoms with Crippen molar-refractivity contribution in [1.82, 2.24) is 10.3 Å². The fourth-order valence-corrected chi connectivity index (χ4v) is 2.51. The molecule has 1 aromatic carbocycles. The van der Waals surface area contributed by atoms with Gasteiger partial charge in [0.1, 0.15) is 5.75 Å². The highest BCUT2D eigenvalue weighted by Gasteiger charge is 2.17. The summed E-state index contributed by atoms with van der Waals surface area (Å²) in [4.78, 5) is 4.41. The number of hydrogen-bond acceptors (Lipinski definition) is 4. The van der Waals surface area contributed by atoms with Crippen molar-refractivity contribution in [2.75, 3.05) is 26.8 Å². The molecule has 0 saturated carbocycles. The van der Waals surface area contributed by atoms with Gasteiger partial charge in [-0.1, -0.05) is 0 Å². The highest BCUT2D eigenvalue weighted by Crippen LogP contribution is 2.30. The van der Waals surface area contributed by atoms with Crippen LogP contribution in [0.4, 0.5) is 0 Å². The molecule has 2 heterocycles. The van der Waals surface area contributed by atoms with Crippen LogP contribution in [-0.4, -0.2) is 31.8 Å². The first-order chi connectivity index (χ1) is 9.38. The molecule has 1 aromatic heterocycles. The average molecular weight is 258 g/mol. The van der Waals surface area contributed by atoms with E-state index in [1.807, 2.05) is 24.4 Å². The van der Waals surface area contributed by atoms with Gasteiger partial charge in [-0.05, 0) is 42.8 Å². The van der Waals surface area contributed by atoms with E-state index >= 15 is 0 Å². The van der Waals surface area contributed by atoms with Gasteiger partial charge in [0.05, 0.1) is 25.3 Å². The summed E-state index contributed by atoms with van der Waals surface area (Å²) in [6.07, 6.45) is 2.97. The zero-order valence-electron chi connectivity index (χ0n) is 11.1. The lowest BCUT2D eigenvalue weighted by Gasteiger charge is -2.17. The molecule has 1 atom stereocenters. The number of nitrogens with one attached hydrogen (secondary N) is 1. The molecule has 0 radical (unpaired) electrons. The van der Waals surface area contributed by atoms with Crippen molar-refractivity contribution in [3.8, 4) is 5.75 Å². The molecule has 100 valence electrons. The zero-order chi connectivity index (χ0) is 13.1. The molecule has 1 aliphatic heterocycles. The summed E-state index contributed by atoms with van der Waals surface area (Å²) < 4.78 is 11.2. The molecule has 0 amide bonds. The summed E-state index contributed by atoms with van der Waals surface area (Å²) in [6, 6.07) is 8.03. The van der Waals surface area contributed by atoms with Crippen LogP contribution < -0.4 is 10.1 Å². The van der Waals surface area contributed by atoms with Crippen LogP contribution in [-0.2, 0) is 4.74 Å². The van der Waals surface area contributed by atoms with Crippen molar-refractivity contribution in [2.24, 2.45) is 0 Å². The molecule has 1 aliphatic rings. The molecular formula is C15H18N2O2. The van der Waals surface area contributed by atoms with E-state index in [4.69, 9.17) is 9.47 Å². The lowest BCUT2D eigenvalue weighted by molar-refractivity contribution is 0.0654. The van der Waals surface area contributed by atoms with E-state index in [0.29, 0.717) is 0 Å². The Labute approximate surface area is 112 Å². The SMILES string of the molecule is COc1ccc2nccc(C3CCNCCO3)c2c1. The smallest absolute Gasteiger partial charge is 0.119 e. The first kappa shape index (κ1) is 12.4. The van der Waals surface area contributed by atoms with Crippen molar-refractivity contribution in [3.63, 3.8) is 0 Å². The van der Waals surface area contributed by atoms with Crippen LogP contribution in [0.3, 0.4) is 0 Å². The lowest BCUT2D eigenvalue weighted by Crippen LogP contribution is -2.16. The van der Waals surface area contributed by atoms with E-state index in [-0.39, 0.29) is 6.10 Å². The first-order valence-corrected chi connectivity index (χ1v) is 6.63. The third-order valence-electron chi connectivity index (χ3n) is 3.51. The Hall–Kier alpha value is -1.65. The van der Waals surface area contributed by atoms with Gasteiger partial charge in [0.25, 0.3) is 0 Å². The quantitative estimate of drug-likeness (QED) is 0.897. The molecule has 3 rings (SSSR count). The van der Waals surface area contributed by atoms with E-state index in [2.05, 4.69) is 16.4 Å². The fraction of sp³-hybridized carbons (Fsp3) is 0.400. The molecule has 1 N–H and O–H groups in total. The molecule has 0 spiro atoms. The van der Waals surface area contributed by atoms with Crippen LogP contribution in [0.1, 0.15) is 18.1 Å². The Kier molecular flexibility index (Phi) is 3.62. The number of ether oxygens (including phenoxy) is 2. The molecule has 2 aromatic rings. The molecule has 1 saturated heterocycles. The Bertz CT molecular complexity index is 563. The molecule has 1 fully saturated rings. The van der Waals surface area contributed by atoms with Crippen LogP contribution in [0.25, 0.3) is 10.9 Å². The van der Waals surface area contributed by atoms with Gasteiger partial charge in [-0.2, -0.15) is 0 Å². The number of rotatable bonds is 2. The van der Waals surface area contributed by atoms with Gasteiger partial charge < -0.3 is 14.8 Å². The van der Waals surface area contributed by atoms with E-state index < -0.39 is 0 Å². The molecule has 4 heteroatoms. The Morgan fingerprint density at radius 3 is 3.16 bits per heavy atom. The predicted octanol–water partition coefficient (Wildman–Crippen LogP) is 2.29. The van der Waals surface area contributed by atoms with Crippen LogP contribution in [0.5, 0.6) is 5.75 Å². The van der Waals surface area contributed by atoms with Gasteiger partial charge in [-0.3, -0.25) is 4.98 Å². The van der Waals surface area contributed by atoms with Crippen molar-refractivity contribution >= 4 is 10.9 Å². The third kappa shape index (κ3) is 2.55. The Morgan fingerprint density at radius 1 is 1.32 bits per heavy atom. The maximum Gasteiger partial charge on any atom is 0.119 e. The standard InChI is InChI=1S/C15H18N2O2/c1-18-11-2-3-14-13(10-11)12(4-7-17-14)15-5-6-16-8-9-19-15/h2-4,7,10,15-16H,5-6,8-9H2,1H3. The van der Waals surface area contributed by atoms with E-state index in [1.165, 1.54) is 5.56 Å². The first-order valence-electron chi connectivity index (χ1n) is 6.63. The number of aromatic nitrogens is 1. The van der Waals surface area contributed by atoms with Crippen molar-refractivity contribution in [3.05, 3.63) is 36.0 Å². The second kappa shape index (κ2) is 5.55. The molecular weight excluding hydrogens is 240 g/mol. The van der Waals surface area contributed by atoms with E-state index in [0.717, 1.165) is 42.8 Å². The van der Waals surface area contributed by atoms with Gasteiger partial charge in [0.2, 0.25) is 0 Å². The van der Waals surface area contributed by atoms with Crippen LogP contribution >= 0.6 is 0 Å². The summed E-state index contributed by atoms with van der Waals surface area (Å²) in [5, 5.41) is 4.47. The number of benzene rings is 1. The third-order valence-corrected chi connectivity index (χ3v) is 3.51. The van der Waals surface area contributed by atoms with Gasteiger partial charge in [0.15, 0.2) is 0 Å². The topological polar surface area (TPSA) is 43.4 Å². The fourth-order valence-electron chi connectivity index (χ4n) is 2.51. The normalized spacial score (nSPS) is 20.2. The zero-order valence-corrected chi connectivity index (χ0v) is 11.1. The summed E-state index contributed by atoms with van der Waals surface area (Å²) in [6.45, 7) is 2.65. The molecule has 0 aliphatic carbocycles. The van der Waals surface area contributed by atoms with Crippen LogP contribution in [0, 0.1) is 0 Å².